The van der Waals surface area contributed by atoms with Crippen LogP contribution in [0.15, 0.2) is 56.7 Å². The summed E-state index contributed by atoms with van der Waals surface area (Å²) < 4.78 is 13.9. The van der Waals surface area contributed by atoms with Crippen LogP contribution in [0.3, 0.4) is 0 Å². The van der Waals surface area contributed by atoms with E-state index in [0.29, 0.717) is 5.56 Å². The molecule has 0 radical (unpaired) electrons. The minimum absolute atomic E-state index is 0.280. The molecule has 86 valence electrons. The Balaban J connectivity index is 2.35. The molecule has 0 heterocycles. The maximum absolute atomic E-state index is 13.0. The van der Waals surface area contributed by atoms with Crippen molar-refractivity contribution in [3.63, 3.8) is 0 Å². The summed E-state index contributed by atoms with van der Waals surface area (Å²) in [6.07, 6.45) is 0.800. The zero-order valence-corrected chi connectivity index (χ0v) is 11.1. The van der Waals surface area contributed by atoms with Gasteiger partial charge in [0.2, 0.25) is 0 Å². The summed E-state index contributed by atoms with van der Waals surface area (Å²) in [4.78, 5) is 12.5. The molecule has 2 aromatic carbocycles. The Hall–Kier alpha value is -1.13. The SMILES string of the molecule is O=Cc1ccc(Br)cc1Sc1cccc(F)c1. The molecular weight excluding hydrogens is 303 g/mol. The first kappa shape index (κ1) is 12.3. The highest BCUT2D eigenvalue weighted by molar-refractivity contribution is 9.10. The van der Waals surface area contributed by atoms with Crippen LogP contribution in [0.1, 0.15) is 10.4 Å². The van der Waals surface area contributed by atoms with Crippen molar-refractivity contribution < 1.29 is 9.18 Å². The summed E-state index contributed by atoms with van der Waals surface area (Å²) >= 11 is 4.72. The summed E-state index contributed by atoms with van der Waals surface area (Å²) in [5, 5.41) is 0. The van der Waals surface area contributed by atoms with Gasteiger partial charge in [-0.3, -0.25) is 4.79 Å². The summed E-state index contributed by atoms with van der Waals surface area (Å²) in [5.41, 5.74) is 0.600. The Bertz CT molecular complexity index is 557. The first-order valence-corrected chi connectivity index (χ1v) is 6.48. The van der Waals surface area contributed by atoms with Crippen molar-refractivity contribution in [1.82, 2.24) is 0 Å². The van der Waals surface area contributed by atoms with Crippen LogP contribution >= 0.6 is 27.7 Å². The normalized spacial score (nSPS) is 10.2. The van der Waals surface area contributed by atoms with Crippen molar-refractivity contribution in [2.24, 2.45) is 0 Å². The molecule has 0 aliphatic carbocycles. The maximum atomic E-state index is 13.0. The van der Waals surface area contributed by atoms with Crippen LogP contribution < -0.4 is 0 Å². The van der Waals surface area contributed by atoms with Gasteiger partial charge in [-0.2, -0.15) is 0 Å². The summed E-state index contributed by atoms with van der Waals surface area (Å²) in [6.45, 7) is 0. The molecule has 1 nitrogen and oxygen atoms in total. The van der Waals surface area contributed by atoms with Gasteiger partial charge in [-0.1, -0.05) is 33.8 Å². The Morgan fingerprint density at radius 2 is 2.00 bits per heavy atom. The maximum Gasteiger partial charge on any atom is 0.151 e. The highest BCUT2D eigenvalue weighted by Crippen LogP contribution is 2.32. The van der Waals surface area contributed by atoms with Gasteiger partial charge in [-0.15, -0.1) is 0 Å². The van der Waals surface area contributed by atoms with Crippen LogP contribution in [-0.4, -0.2) is 6.29 Å². The van der Waals surface area contributed by atoms with Gasteiger partial charge in [-0.25, -0.2) is 4.39 Å². The largest absolute Gasteiger partial charge is 0.298 e. The van der Waals surface area contributed by atoms with Crippen LogP contribution in [0.25, 0.3) is 0 Å². The van der Waals surface area contributed by atoms with Crippen LogP contribution in [0.5, 0.6) is 0 Å². The van der Waals surface area contributed by atoms with Crippen LogP contribution in [0.4, 0.5) is 4.39 Å². The van der Waals surface area contributed by atoms with Crippen molar-refractivity contribution in [2.75, 3.05) is 0 Å². The van der Waals surface area contributed by atoms with Crippen LogP contribution in [-0.2, 0) is 0 Å². The molecule has 0 fully saturated rings. The highest BCUT2D eigenvalue weighted by atomic mass is 79.9. The number of aldehydes is 1. The van der Waals surface area contributed by atoms with E-state index in [4.69, 9.17) is 0 Å². The monoisotopic (exact) mass is 310 g/mol. The molecule has 0 bridgehead atoms. The molecule has 0 spiro atoms. The lowest BCUT2D eigenvalue weighted by Crippen LogP contribution is -1.85. The minimum atomic E-state index is -0.280. The van der Waals surface area contributed by atoms with E-state index in [9.17, 15) is 9.18 Å². The molecule has 0 aromatic heterocycles. The van der Waals surface area contributed by atoms with Crippen molar-refractivity contribution in [3.8, 4) is 0 Å². The summed E-state index contributed by atoms with van der Waals surface area (Å²) in [6, 6.07) is 11.7. The molecule has 17 heavy (non-hydrogen) atoms. The highest BCUT2D eigenvalue weighted by Gasteiger charge is 2.05. The number of rotatable bonds is 3. The van der Waals surface area contributed by atoms with E-state index in [1.54, 1.807) is 18.2 Å². The third-order valence-electron chi connectivity index (χ3n) is 2.13. The fraction of sp³-hybridized carbons (Fsp3) is 0. The van der Waals surface area contributed by atoms with Crippen molar-refractivity contribution in [3.05, 3.63) is 58.3 Å². The van der Waals surface area contributed by atoms with Gasteiger partial charge in [0, 0.05) is 19.8 Å². The van der Waals surface area contributed by atoms with E-state index in [0.717, 1.165) is 20.5 Å². The summed E-state index contributed by atoms with van der Waals surface area (Å²) in [7, 11) is 0. The van der Waals surface area contributed by atoms with Gasteiger partial charge < -0.3 is 0 Å². The fourth-order valence-corrected chi connectivity index (χ4v) is 2.86. The number of benzene rings is 2. The Morgan fingerprint density at radius 1 is 1.18 bits per heavy atom. The molecule has 0 N–H and O–H groups in total. The minimum Gasteiger partial charge on any atom is -0.298 e. The molecule has 2 aromatic rings. The average Bonchev–Trinajstić information content (AvgIpc) is 2.29. The van der Waals surface area contributed by atoms with E-state index in [1.807, 2.05) is 12.1 Å². The van der Waals surface area contributed by atoms with Gasteiger partial charge >= 0.3 is 0 Å². The fourth-order valence-electron chi connectivity index (χ4n) is 1.35. The van der Waals surface area contributed by atoms with Gasteiger partial charge in [0.1, 0.15) is 5.82 Å². The molecule has 0 amide bonds. The molecule has 0 unspecified atom stereocenters. The standard InChI is InChI=1S/C13H8BrFOS/c14-10-5-4-9(8-16)13(6-10)17-12-3-1-2-11(15)7-12/h1-8H. The van der Waals surface area contributed by atoms with E-state index in [-0.39, 0.29) is 5.82 Å². The first-order chi connectivity index (χ1) is 8.19. The predicted octanol–water partition coefficient (Wildman–Crippen LogP) is 4.55. The molecule has 0 saturated carbocycles. The molecule has 4 heteroatoms. The second-order valence-corrected chi connectivity index (χ2v) is 5.39. The third kappa shape index (κ3) is 3.17. The van der Waals surface area contributed by atoms with Crippen LogP contribution in [0.2, 0.25) is 0 Å². The summed E-state index contributed by atoms with van der Waals surface area (Å²) in [5.74, 6) is -0.280. The van der Waals surface area contributed by atoms with E-state index >= 15 is 0 Å². The third-order valence-corrected chi connectivity index (χ3v) is 3.68. The Labute approximate surface area is 111 Å². The molecule has 0 aliphatic rings. The lowest BCUT2D eigenvalue weighted by Gasteiger charge is -2.05. The zero-order chi connectivity index (χ0) is 12.3. The number of hydrogen-bond acceptors (Lipinski definition) is 2. The van der Waals surface area contributed by atoms with Gasteiger partial charge in [0.05, 0.1) is 0 Å². The molecule has 0 saturated heterocycles. The molecule has 0 atom stereocenters. The Morgan fingerprint density at radius 3 is 2.71 bits per heavy atom. The van der Waals surface area contributed by atoms with E-state index in [1.165, 1.54) is 23.9 Å². The number of hydrogen-bond donors (Lipinski definition) is 0. The number of carbonyl (C=O) groups excluding carboxylic acids is 1. The Kier molecular flexibility index (Phi) is 3.97. The van der Waals surface area contributed by atoms with Crippen molar-refractivity contribution >= 4 is 34.0 Å². The zero-order valence-electron chi connectivity index (χ0n) is 8.69. The molecular formula is C13H8BrFOS. The van der Waals surface area contributed by atoms with Crippen LogP contribution in [0, 0.1) is 5.82 Å². The van der Waals surface area contributed by atoms with E-state index < -0.39 is 0 Å². The van der Waals surface area contributed by atoms with E-state index in [2.05, 4.69) is 15.9 Å². The van der Waals surface area contributed by atoms with Gasteiger partial charge in [0.25, 0.3) is 0 Å². The lowest BCUT2D eigenvalue weighted by atomic mass is 10.2. The second kappa shape index (κ2) is 5.47. The van der Waals surface area contributed by atoms with Crippen molar-refractivity contribution in [2.45, 2.75) is 9.79 Å². The molecule has 2 rings (SSSR count). The van der Waals surface area contributed by atoms with Gasteiger partial charge in [-0.05, 0) is 36.4 Å². The molecule has 0 aliphatic heterocycles. The predicted molar refractivity (Wildman–Crippen MR) is 70.1 cm³/mol. The second-order valence-electron chi connectivity index (χ2n) is 3.36. The smallest absolute Gasteiger partial charge is 0.151 e. The lowest BCUT2D eigenvalue weighted by molar-refractivity contribution is 0.112. The number of halogens is 2. The topological polar surface area (TPSA) is 17.1 Å². The van der Waals surface area contributed by atoms with Crippen molar-refractivity contribution in [1.29, 1.82) is 0 Å². The average molecular weight is 311 g/mol. The quantitative estimate of drug-likeness (QED) is 0.773. The first-order valence-electron chi connectivity index (χ1n) is 4.87. The van der Waals surface area contributed by atoms with Gasteiger partial charge in [0.15, 0.2) is 6.29 Å². The number of carbonyl (C=O) groups is 1.